The second-order valence-corrected chi connectivity index (χ2v) is 7.38. The van der Waals surface area contributed by atoms with Gasteiger partial charge in [-0.15, -0.1) is 11.3 Å². The Morgan fingerprint density at radius 1 is 1.50 bits per heavy atom. The number of hydrogen-bond donors (Lipinski definition) is 1. The number of amides is 1. The molecule has 118 valence electrons. The van der Waals surface area contributed by atoms with Gasteiger partial charge in [0.1, 0.15) is 5.82 Å². The zero-order chi connectivity index (χ0) is 15.7. The molecule has 0 bridgehead atoms. The summed E-state index contributed by atoms with van der Waals surface area (Å²) < 4.78 is 0. The molecule has 22 heavy (non-hydrogen) atoms. The van der Waals surface area contributed by atoms with E-state index in [0.29, 0.717) is 11.8 Å². The maximum Gasteiger partial charge on any atom is 0.254 e. The van der Waals surface area contributed by atoms with Gasteiger partial charge in [-0.3, -0.25) is 4.79 Å². The molecule has 0 unspecified atom stereocenters. The minimum Gasteiger partial charge on any atom is -0.346 e. The van der Waals surface area contributed by atoms with Crippen molar-refractivity contribution in [1.82, 2.24) is 14.9 Å². The first-order chi connectivity index (χ1) is 10.5. The highest BCUT2D eigenvalue weighted by Gasteiger charge is 2.27. The molecule has 0 saturated carbocycles. The molecule has 0 spiro atoms. The minimum atomic E-state index is 0.163. The van der Waals surface area contributed by atoms with Crippen LogP contribution in [0.1, 0.15) is 65.3 Å². The molecule has 1 atom stereocenters. The number of imidazole rings is 1. The Hall–Kier alpha value is -1.62. The van der Waals surface area contributed by atoms with Crippen molar-refractivity contribution in [2.75, 3.05) is 13.1 Å². The number of nitrogens with zero attached hydrogens (tertiary/aromatic N) is 2. The predicted molar refractivity (Wildman–Crippen MR) is 89.6 cm³/mol. The summed E-state index contributed by atoms with van der Waals surface area (Å²) in [5.74, 6) is 1.99. The summed E-state index contributed by atoms with van der Waals surface area (Å²) >= 11 is 1.68. The lowest BCUT2D eigenvalue weighted by Crippen LogP contribution is -2.39. The van der Waals surface area contributed by atoms with E-state index in [1.54, 1.807) is 11.3 Å². The average molecular weight is 317 g/mol. The Morgan fingerprint density at radius 3 is 2.95 bits per heavy atom. The van der Waals surface area contributed by atoms with E-state index in [9.17, 15) is 4.79 Å². The van der Waals surface area contributed by atoms with Gasteiger partial charge in [-0.05, 0) is 31.7 Å². The van der Waals surface area contributed by atoms with Crippen LogP contribution < -0.4 is 0 Å². The van der Waals surface area contributed by atoms with Crippen LogP contribution in [0.5, 0.6) is 0 Å². The first-order valence-corrected chi connectivity index (χ1v) is 8.81. The largest absolute Gasteiger partial charge is 0.346 e. The molecule has 0 aromatic carbocycles. The summed E-state index contributed by atoms with van der Waals surface area (Å²) in [5, 5.41) is 2.00. The van der Waals surface area contributed by atoms with Crippen LogP contribution in [0.2, 0.25) is 0 Å². The predicted octanol–water partition coefficient (Wildman–Crippen LogP) is 3.92. The smallest absolute Gasteiger partial charge is 0.254 e. The van der Waals surface area contributed by atoms with Crippen molar-refractivity contribution in [2.45, 2.75) is 45.4 Å². The minimum absolute atomic E-state index is 0.163. The van der Waals surface area contributed by atoms with Crippen LogP contribution in [0.25, 0.3) is 0 Å². The summed E-state index contributed by atoms with van der Waals surface area (Å²) in [7, 11) is 0. The first-order valence-electron chi connectivity index (χ1n) is 7.94. The number of aryl methyl sites for hydroxylation is 1. The monoisotopic (exact) mass is 317 g/mol. The third-order valence-corrected chi connectivity index (χ3v) is 5.49. The summed E-state index contributed by atoms with van der Waals surface area (Å²) in [5.41, 5.74) is 1.92. The number of likely N-dealkylation sites (tertiary alicyclic amines) is 1. The van der Waals surface area contributed by atoms with E-state index in [1.807, 2.05) is 23.4 Å². The van der Waals surface area contributed by atoms with Crippen LogP contribution in [-0.4, -0.2) is 33.9 Å². The molecule has 1 N–H and O–H groups in total. The Labute approximate surface area is 135 Å². The molecular formula is C17H23N3OS. The lowest BCUT2D eigenvalue weighted by molar-refractivity contribution is 0.0705. The van der Waals surface area contributed by atoms with Crippen molar-refractivity contribution in [3.63, 3.8) is 0 Å². The maximum atomic E-state index is 12.7. The molecule has 1 aliphatic rings. The number of hydrogen-bond acceptors (Lipinski definition) is 3. The molecule has 4 nitrogen and oxygen atoms in total. The number of carbonyl (C=O) groups is 1. The van der Waals surface area contributed by atoms with Crippen molar-refractivity contribution in [3.05, 3.63) is 39.6 Å². The summed E-state index contributed by atoms with van der Waals surface area (Å²) in [6.45, 7) is 7.95. The van der Waals surface area contributed by atoms with E-state index in [0.717, 1.165) is 43.0 Å². The quantitative estimate of drug-likeness (QED) is 0.932. The lowest BCUT2D eigenvalue weighted by Gasteiger charge is -2.31. The van der Waals surface area contributed by atoms with E-state index < -0.39 is 0 Å². The van der Waals surface area contributed by atoms with E-state index in [1.165, 1.54) is 4.88 Å². The van der Waals surface area contributed by atoms with Gasteiger partial charge in [0.25, 0.3) is 5.91 Å². The van der Waals surface area contributed by atoms with E-state index >= 15 is 0 Å². The highest BCUT2D eigenvalue weighted by atomic mass is 32.1. The molecule has 0 aliphatic carbocycles. The molecular weight excluding hydrogens is 294 g/mol. The molecule has 1 fully saturated rings. The zero-order valence-corrected chi connectivity index (χ0v) is 14.2. The molecule has 1 aliphatic heterocycles. The number of carbonyl (C=O) groups excluding carboxylic acids is 1. The summed E-state index contributed by atoms with van der Waals surface area (Å²) in [4.78, 5) is 23.7. The normalized spacial score (nSPS) is 18.9. The lowest BCUT2D eigenvalue weighted by atomic mass is 9.97. The maximum absolute atomic E-state index is 12.7. The van der Waals surface area contributed by atoms with Crippen molar-refractivity contribution < 1.29 is 4.79 Å². The molecule has 1 saturated heterocycles. The molecule has 3 rings (SSSR count). The van der Waals surface area contributed by atoms with Crippen LogP contribution in [0, 0.1) is 6.92 Å². The number of thiophene rings is 1. The van der Waals surface area contributed by atoms with Crippen molar-refractivity contribution in [2.24, 2.45) is 0 Å². The third-order valence-electron chi connectivity index (χ3n) is 4.25. The van der Waals surface area contributed by atoms with Gasteiger partial charge in [-0.25, -0.2) is 4.98 Å². The van der Waals surface area contributed by atoms with Gasteiger partial charge >= 0.3 is 0 Å². The fraction of sp³-hybridized carbons (Fsp3) is 0.529. The van der Waals surface area contributed by atoms with Crippen LogP contribution >= 0.6 is 11.3 Å². The van der Waals surface area contributed by atoms with Crippen LogP contribution in [0.4, 0.5) is 0 Å². The highest BCUT2D eigenvalue weighted by Crippen LogP contribution is 2.28. The molecule has 5 heteroatoms. The number of aromatic amines is 1. The first kappa shape index (κ1) is 15.3. The molecule has 2 aromatic heterocycles. The number of aromatic nitrogens is 2. The van der Waals surface area contributed by atoms with Gasteiger partial charge in [0.05, 0.1) is 5.56 Å². The highest BCUT2D eigenvalue weighted by molar-refractivity contribution is 7.10. The Bertz CT molecular complexity index is 658. The van der Waals surface area contributed by atoms with E-state index in [-0.39, 0.29) is 5.91 Å². The SMILES string of the molecule is Cc1cnc([C@@H]2CCCN(C(=O)c3csc(C(C)C)c3)C2)[nH]1. The molecule has 1 amide bonds. The van der Waals surface area contributed by atoms with Gasteiger partial charge < -0.3 is 9.88 Å². The van der Waals surface area contributed by atoms with Crippen molar-refractivity contribution in [1.29, 1.82) is 0 Å². The second kappa shape index (κ2) is 6.24. The van der Waals surface area contributed by atoms with Crippen molar-refractivity contribution >= 4 is 17.2 Å². The number of nitrogens with one attached hydrogen (secondary N) is 1. The van der Waals surface area contributed by atoms with Crippen LogP contribution in [0.15, 0.2) is 17.6 Å². The zero-order valence-electron chi connectivity index (χ0n) is 13.4. The number of piperidine rings is 1. The van der Waals surface area contributed by atoms with Crippen molar-refractivity contribution in [3.8, 4) is 0 Å². The van der Waals surface area contributed by atoms with Crippen LogP contribution in [-0.2, 0) is 0 Å². The Morgan fingerprint density at radius 2 is 2.32 bits per heavy atom. The molecule has 3 heterocycles. The number of rotatable bonds is 3. The second-order valence-electron chi connectivity index (χ2n) is 6.43. The third kappa shape index (κ3) is 3.09. The average Bonchev–Trinajstić information content (AvgIpc) is 3.15. The number of H-pyrrole nitrogens is 1. The Kier molecular flexibility index (Phi) is 4.34. The molecule has 0 radical (unpaired) electrons. The summed E-state index contributed by atoms with van der Waals surface area (Å²) in [6.07, 6.45) is 4.00. The van der Waals surface area contributed by atoms with E-state index in [2.05, 4.69) is 29.9 Å². The fourth-order valence-electron chi connectivity index (χ4n) is 2.98. The van der Waals surface area contributed by atoms with Gasteiger partial charge in [-0.1, -0.05) is 13.8 Å². The van der Waals surface area contributed by atoms with Gasteiger partial charge in [0.15, 0.2) is 0 Å². The van der Waals surface area contributed by atoms with Gasteiger partial charge in [0, 0.05) is 41.2 Å². The van der Waals surface area contributed by atoms with Gasteiger partial charge in [-0.2, -0.15) is 0 Å². The van der Waals surface area contributed by atoms with Crippen LogP contribution in [0.3, 0.4) is 0 Å². The van der Waals surface area contributed by atoms with Gasteiger partial charge in [0.2, 0.25) is 0 Å². The Balaban J connectivity index is 1.72. The molecule has 2 aromatic rings. The topological polar surface area (TPSA) is 49.0 Å². The summed E-state index contributed by atoms with van der Waals surface area (Å²) in [6, 6.07) is 2.05. The van der Waals surface area contributed by atoms with E-state index in [4.69, 9.17) is 0 Å². The standard InChI is InChI=1S/C17H23N3OS/c1-11(2)15-7-14(10-22-15)17(21)20-6-4-5-13(9-20)16-18-8-12(3)19-16/h7-8,10-11,13H,4-6,9H2,1-3H3,(H,18,19)/t13-/m1/s1. The fourth-order valence-corrected chi connectivity index (χ4v) is 3.87.